The third kappa shape index (κ3) is 4.45. The molecule has 32 heavy (non-hydrogen) atoms. The van der Waals surface area contributed by atoms with E-state index in [1.165, 1.54) is 12.7 Å². The number of nitrogens with zero attached hydrogens (tertiary/aromatic N) is 4. The molecule has 1 heterocycles. The highest BCUT2D eigenvalue weighted by molar-refractivity contribution is 5.93. The summed E-state index contributed by atoms with van der Waals surface area (Å²) < 4.78 is 6.44. The van der Waals surface area contributed by atoms with Crippen molar-refractivity contribution in [3.8, 4) is 5.75 Å². The van der Waals surface area contributed by atoms with Gasteiger partial charge in [0.2, 0.25) is 0 Å². The molecule has 2 aromatic carbocycles. The average molecular weight is 446 g/mol. The van der Waals surface area contributed by atoms with Gasteiger partial charge < -0.3 is 9.84 Å². The fourth-order valence-corrected chi connectivity index (χ4v) is 3.18. The Hall–Kier alpha value is -4.55. The number of ether oxygens (including phenoxy) is 1. The maximum atomic E-state index is 11.7. The fourth-order valence-electron chi connectivity index (χ4n) is 3.18. The van der Waals surface area contributed by atoms with Crippen LogP contribution >= 0.6 is 0 Å². The highest BCUT2D eigenvalue weighted by Gasteiger charge is 2.30. The second-order valence-corrected chi connectivity index (χ2v) is 6.34. The van der Waals surface area contributed by atoms with Gasteiger partial charge in [-0.3, -0.25) is 30.3 Å². The van der Waals surface area contributed by atoms with Crippen molar-refractivity contribution in [2.75, 3.05) is 7.11 Å². The first-order valence-electron chi connectivity index (χ1n) is 9.02. The van der Waals surface area contributed by atoms with Crippen LogP contribution in [0.2, 0.25) is 0 Å². The first-order valence-corrected chi connectivity index (χ1v) is 9.02. The Labute approximate surface area is 179 Å². The van der Waals surface area contributed by atoms with Crippen molar-refractivity contribution in [3.05, 3.63) is 78.0 Å². The van der Waals surface area contributed by atoms with E-state index in [9.17, 15) is 35.1 Å². The Morgan fingerprint density at radius 3 is 2.00 bits per heavy atom. The zero-order valence-corrected chi connectivity index (χ0v) is 17.2. The van der Waals surface area contributed by atoms with Gasteiger partial charge >= 0.3 is 17.5 Å². The van der Waals surface area contributed by atoms with Crippen LogP contribution in [0, 0.1) is 37.3 Å². The van der Waals surface area contributed by atoms with Crippen LogP contribution in [-0.2, 0) is 11.2 Å². The summed E-state index contributed by atoms with van der Waals surface area (Å²) in [5.74, 6) is -1.21. The van der Waals surface area contributed by atoms with E-state index in [4.69, 9.17) is 9.84 Å². The van der Waals surface area contributed by atoms with E-state index < -0.39 is 37.6 Å². The minimum atomic E-state index is -1.21. The molecule has 0 atom stereocenters. The third-order valence-electron chi connectivity index (χ3n) is 4.61. The number of hydrogen-bond donors (Lipinski definition) is 1. The molecular weight excluding hydrogens is 428 g/mol. The molecule has 0 saturated heterocycles. The second kappa shape index (κ2) is 9.51. The van der Waals surface area contributed by atoms with Crippen LogP contribution in [0.3, 0.4) is 0 Å². The minimum Gasteiger partial charge on any atom is -0.497 e. The van der Waals surface area contributed by atoms with Gasteiger partial charge in [0.05, 0.1) is 39.5 Å². The van der Waals surface area contributed by atoms with Crippen LogP contribution in [-0.4, -0.2) is 37.6 Å². The molecule has 0 amide bonds. The monoisotopic (exact) mass is 446 g/mol. The van der Waals surface area contributed by atoms with Gasteiger partial charge in [-0.2, -0.15) is 0 Å². The first-order chi connectivity index (χ1) is 15.0. The van der Waals surface area contributed by atoms with E-state index in [1.807, 2.05) is 31.2 Å². The number of phenols is 1. The van der Waals surface area contributed by atoms with Crippen LogP contribution in [0.25, 0.3) is 10.9 Å². The summed E-state index contributed by atoms with van der Waals surface area (Å²) in [5, 5.41) is 41.3. The first kappa shape index (κ1) is 23.7. The Balaban J connectivity index is 0.000000227. The van der Waals surface area contributed by atoms with Crippen molar-refractivity contribution in [2.45, 2.75) is 20.3 Å². The normalized spacial score (nSPS) is 10.2. The van der Waals surface area contributed by atoms with E-state index in [0.717, 1.165) is 23.0 Å². The van der Waals surface area contributed by atoms with Gasteiger partial charge in [-0.05, 0) is 25.0 Å². The molecule has 3 rings (SSSR count). The zero-order chi connectivity index (χ0) is 24.2. The topological polar surface area (TPSA) is 181 Å². The third-order valence-corrected chi connectivity index (χ3v) is 4.61. The number of hydrogen-bond acceptors (Lipinski definition) is 9. The van der Waals surface area contributed by atoms with Gasteiger partial charge in [0.25, 0.3) is 11.4 Å². The number of methoxy groups -OCH3 is 1. The van der Waals surface area contributed by atoms with E-state index in [0.29, 0.717) is 12.1 Å². The number of benzene rings is 2. The lowest BCUT2D eigenvalue weighted by molar-refractivity contribution is -0.404. The molecule has 0 fully saturated rings. The summed E-state index contributed by atoms with van der Waals surface area (Å²) >= 11 is 0. The molecule has 3 aromatic rings. The predicted molar refractivity (Wildman–Crippen MR) is 112 cm³/mol. The maximum Gasteiger partial charge on any atom is 0.418 e. The number of phenolic OH excluding ortho intramolecular Hbond substituents is 1. The number of fused-ring (bicyclic) bond motifs is 1. The molecule has 0 bridgehead atoms. The lowest BCUT2D eigenvalue weighted by Gasteiger charge is -2.04. The largest absolute Gasteiger partial charge is 0.497 e. The summed E-state index contributed by atoms with van der Waals surface area (Å²) in [4.78, 5) is 39.5. The van der Waals surface area contributed by atoms with Crippen molar-refractivity contribution < 1.29 is 29.4 Å². The molecule has 0 aliphatic heterocycles. The van der Waals surface area contributed by atoms with Crippen molar-refractivity contribution in [1.29, 1.82) is 0 Å². The average Bonchev–Trinajstić information content (AvgIpc) is 3.04. The van der Waals surface area contributed by atoms with Gasteiger partial charge in [-0.1, -0.05) is 25.1 Å². The van der Waals surface area contributed by atoms with Gasteiger partial charge in [0, 0.05) is 11.1 Å². The molecular formula is C19H18N4O9. The van der Waals surface area contributed by atoms with Crippen LogP contribution < -0.4 is 0 Å². The second-order valence-electron chi connectivity index (χ2n) is 6.34. The van der Waals surface area contributed by atoms with Gasteiger partial charge in [-0.25, -0.2) is 9.36 Å². The summed E-state index contributed by atoms with van der Waals surface area (Å²) in [6, 6.07) is 8.80. The number of carbonyl (C=O) groups is 1. The Bertz CT molecular complexity index is 1200. The standard InChI is InChI=1S/C13H15NO2.C6H3N3O7/c1-4-10-9(2)14(13(15)16-3)12-8-6-5-7-11(10)12;10-6-4(8(13)14)1-3(7(11)12)2-5(6)9(15)16/h5-8H,4H2,1-3H3;1-2,10H. The zero-order valence-electron chi connectivity index (χ0n) is 17.2. The highest BCUT2D eigenvalue weighted by atomic mass is 16.6. The molecule has 0 saturated carbocycles. The molecule has 0 aliphatic carbocycles. The summed E-state index contributed by atoms with van der Waals surface area (Å²) in [6.07, 6.45) is 0.587. The van der Waals surface area contributed by atoms with Crippen molar-refractivity contribution in [1.82, 2.24) is 4.57 Å². The number of aromatic hydroxyl groups is 1. The molecule has 13 heteroatoms. The van der Waals surface area contributed by atoms with Gasteiger partial charge in [0.15, 0.2) is 0 Å². The lowest BCUT2D eigenvalue weighted by atomic mass is 10.1. The number of nitro groups is 3. The molecule has 13 nitrogen and oxygen atoms in total. The quantitative estimate of drug-likeness (QED) is 0.452. The number of para-hydroxylation sites is 1. The molecule has 0 radical (unpaired) electrons. The number of nitro benzene ring substituents is 3. The molecule has 0 spiro atoms. The predicted octanol–water partition coefficient (Wildman–Crippen LogP) is 4.24. The summed E-state index contributed by atoms with van der Waals surface area (Å²) in [5.41, 5.74) is 0.0956. The summed E-state index contributed by atoms with van der Waals surface area (Å²) in [7, 11) is 1.40. The number of non-ortho nitro benzene ring substituents is 1. The van der Waals surface area contributed by atoms with Crippen LogP contribution in [0.5, 0.6) is 5.75 Å². The lowest BCUT2D eigenvalue weighted by Crippen LogP contribution is -2.12. The molecule has 0 unspecified atom stereocenters. The van der Waals surface area contributed by atoms with Crippen LogP contribution in [0.4, 0.5) is 21.9 Å². The van der Waals surface area contributed by atoms with E-state index in [-0.39, 0.29) is 6.09 Å². The number of carbonyl (C=O) groups excluding carboxylic acids is 1. The van der Waals surface area contributed by atoms with Crippen molar-refractivity contribution in [3.63, 3.8) is 0 Å². The Morgan fingerprint density at radius 1 is 1.03 bits per heavy atom. The number of aryl methyl sites for hydroxylation is 1. The number of rotatable bonds is 4. The highest BCUT2D eigenvalue weighted by Crippen LogP contribution is 2.39. The van der Waals surface area contributed by atoms with E-state index in [1.54, 1.807) is 4.57 Å². The van der Waals surface area contributed by atoms with E-state index >= 15 is 0 Å². The molecule has 0 aliphatic rings. The molecule has 168 valence electrons. The van der Waals surface area contributed by atoms with Crippen molar-refractivity contribution in [2.24, 2.45) is 0 Å². The summed E-state index contributed by atoms with van der Waals surface area (Å²) in [6.45, 7) is 4.05. The SMILES string of the molecule is CCc1c(C)n(C(=O)OC)c2ccccc12.O=[N+]([O-])c1cc([N+](=O)[O-])c(O)c([N+](=O)[O-])c1. The number of aromatic nitrogens is 1. The van der Waals surface area contributed by atoms with Crippen LogP contribution in [0.1, 0.15) is 18.2 Å². The Morgan fingerprint density at radius 2 is 1.56 bits per heavy atom. The Kier molecular flexibility index (Phi) is 7.05. The maximum absolute atomic E-state index is 11.7. The van der Waals surface area contributed by atoms with Gasteiger partial charge in [0.1, 0.15) is 0 Å². The molecule has 1 aromatic heterocycles. The fraction of sp³-hybridized carbons (Fsp3) is 0.211. The van der Waals surface area contributed by atoms with Crippen LogP contribution in [0.15, 0.2) is 36.4 Å². The minimum absolute atomic E-state index is 0.326. The van der Waals surface area contributed by atoms with Gasteiger partial charge in [-0.15, -0.1) is 0 Å². The van der Waals surface area contributed by atoms with E-state index in [2.05, 4.69) is 6.92 Å². The van der Waals surface area contributed by atoms with Crippen molar-refractivity contribution >= 4 is 34.1 Å². The smallest absolute Gasteiger partial charge is 0.418 e. The molecule has 1 N–H and O–H groups in total.